The second kappa shape index (κ2) is 9.23. The number of methoxy groups -OCH3 is 1. The van der Waals surface area contributed by atoms with Crippen molar-refractivity contribution in [2.24, 2.45) is 0 Å². The van der Waals surface area contributed by atoms with E-state index in [0.29, 0.717) is 12.4 Å². The number of rotatable bonds is 7. The van der Waals surface area contributed by atoms with E-state index >= 15 is 0 Å². The Morgan fingerprint density at radius 1 is 1.13 bits per heavy atom. The lowest BCUT2D eigenvalue weighted by Gasteiger charge is -2.35. The molecular weight excluding hydrogens is 380 g/mol. The van der Waals surface area contributed by atoms with Crippen molar-refractivity contribution in [3.05, 3.63) is 59.7 Å². The topological polar surface area (TPSA) is 77.3 Å². The Balaban J connectivity index is 1.53. The van der Waals surface area contributed by atoms with Gasteiger partial charge in [0.25, 0.3) is 0 Å². The molecule has 0 bridgehead atoms. The number of morpholine rings is 1. The summed E-state index contributed by atoms with van der Waals surface area (Å²) in [6, 6.07) is 10.5. The third-order valence-electron chi connectivity index (χ3n) is 5.31. The average Bonchev–Trinajstić information content (AvgIpc) is 3.13. The second-order valence-corrected chi connectivity index (χ2v) is 7.42. The summed E-state index contributed by atoms with van der Waals surface area (Å²) in [5.41, 5.74) is 3.22. The number of hydrogen-bond acceptors (Lipinski definition) is 7. The van der Waals surface area contributed by atoms with E-state index in [0.717, 1.165) is 49.3 Å². The van der Waals surface area contributed by atoms with E-state index in [4.69, 9.17) is 14.5 Å². The Bertz CT molecular complexity index is 966. The normalized spacial score (nSPS) is 15.7. The highest BCUT2D eigenvalue weighted by molar-refractivity contribution is 5.38. The summed E-state index contributed by atoms with van der Waals surface area (Å²) in [4.78, 5) is 11.5. The standard InChI is InChI=1S/C22H28N6O2/c1-16-12-17(2)28(26-16)22-15-23-14-21(25-22)24-13-20(27-8-10-30-11-9-27)18-4-6-19(29-3)7-5-18/h4-7,12,14-15,20H,8-11,13H2,1-3H3,(H,24,25). The fourth-order valence-electron chi connectivity index (χ4n) is 3.78. The quantitative estimate of drug-likeness (QED) is 0.644. The highest BCUT2D eigenvalue weighted by atomic mass is 16.5. The summed E-state index contributed by atoms with van der Waals surface area (Å²) in [5.74, 6) is 2.29. The first-order chi connectivity index (χ1) is 14.6. The van der Waals surface area contributed by atoms with Crippen LogP contribution in [0.1, 0.15) is 23.0 Å². The van der Waals surface area contributed by atoms with Gasteiger partial charge in [-0.2, -0.15) is 5.10 Å². The maximum atomic E-state index is 5.55. The van der Waals surface area contributed by atoms with Crippen molar-refractivity contribution in [1.82, 2.24) is 24.6 Å². The molecule has 3 aromatic rings. The number of benzene rings is 1. The number of hydrogen-bond donors (Lipinski definition) is 1. The van der Waals surface area contributed by atoms with Gasteiger partial charge in [0.15, 0.2) is 5.82 Å². The SMILES string of the molecule is COc1ccc(C(CNc2cncc(-n3nc(C)cc3C)n2)N2CCOCC2)cc1. The van der Waals surface area contributed by atoms with Crippen LogP contribution in [0.2, 0.25) is 0 Å². The predicted octanol–water partition coefficient (Wildman–Crippen LogP) is 2.77. The molecule has 1 atom stereocenters. The van der Waals surface area contributed by atoms with Gasteiger partial charge in [0.05, 0.1) is 44.5 Å². The summed E-state index contributed by atoms with van der Waals surface area (Å²) in [6.07, 6.45) is 3.48. The fraction of sp³-hybridized carbons (Fsp3) is 0.409. The molecule has 0 radical (unpaired) electrons. The van der Waals surface area contributed by atoms with Gasteiger partial charge in [0.1, 0.15) is 11.6 Å². The molecule has 1 aliphatic rings. The van der Waals surface area contributed by atoms with Crippen molar-refractivity contribution >= 4 is 5.82 Å². The van der Waals surface area contributed by atoms with E-state index < -0.39 is 0 Å². The highest BCUT2D eigenvalue weighted by Gasteiger charge is 2.23. The van der Waals surface area contributed by atoms with Crippen molar-refractivity contribution in [2.45, 2.75) is 19.9 Å². The van der Waals surface area contributed by atoms with Crippen LogP contribution in [0.3, 0.4) is 0 Å². The summed E-state index contributed by atoms with van der Waals surface area (Å²) >= 11 is 0. The minimum Gasteiger partial charge on any atom is -0.497 e. The molecular formula is C22H28N6O2. The molecule has 0 spiro atoms. The highest BCUT2D eigenvalue weighted by Crippen LogP contribution is 2.25. The van der Waals surface area contributed by atoms with E-state index in [2.05, 4.69) is 32.4 Å². The zero-order valence-corrected chi connectivity index (χ0v) is 17.7. The summed E-state index contributed by atoms with van der Waals surface area (Å²) in [7, 11) is 1.69. The second-order valence-electron chi connectivity index (χ2n) is 7.42. The number of ether oxygens (including phenoxy) is 2. The monoisotopic (exact) mass is 408 g/mol. The number of anilines is 1. The summed E-state index contributed by atoms with van der Waals surface area (Å²) < 4.78 is 12.7. The third-order valence-corrected chi connectivity index (χ3v) is 5.31. The van der Waals surface area contributed by atoms with E-state index in [1.807, 2.05) is 36.7 Å². The van der Waals surface area contributed by atoms with Crippen LogP contribution in [0.4, 0.5) is 5.82 Å². The molecule has 1 N–H and O–H groups in total. The van der Waals surface area contributed by atoms with Gasteiger partial charge in [0, 0.05) is 25.3 Å². The maximum absolute atomic E-state index is 5.55. The molecule has 3 heterocycles. The summed E-state index contributed by atoms with van der Waals surface area (Å²) in [6.45, 7) is 7.99. The van der Waals surface area contributed by atoms with Gasteiger partial charge in [-0.05, 0) is 37.6 Å². The number of aromatic nitrogens is 4. The molecule has 8 heteroatoms. The molecule has 0 amide bonds. The van der Waals surface area contributed by atoms with Crippen LogP contribution in [0.15, 0.2) is 42.7 Å². The van der Waals surface area contributed by atoms with Gasteiger partial charge < -0.3 is 14.8 Å². The van der Waals surface area contributed by atoms with Gasteiger partial charge in [-0.3, -0.25) is 9.88 Å². The molecule has 1 aromatic carbocycles. The smallest absolute Gasteiger partial charge is 0.174 e. The first-order valence-electron chi connectivity index (χ1n) is 10.2. The van der Waals surface area contributed by atoms with Crippen LogP contribution in [0.5, 0.6) is 5.75 Å². The van der Waals surface area contributed by atoms with Crippen LogP contribution in [0, 0.1) is 13.8 Å². The van der Waals surface area contributed by atoms with Gasteiger partial charge in [-0.15, -0.1) is 0 Å². The van der Waals surface area contributed by atoms with Crippen molar-refractivity contribution < 1.29 is 9.47 Å². The largest absolute Gasteiger partial charge is 0.497 e. The van der Waals surface area contributed by atoms with Crippen LogP contribution >= 0.6 is 0 Å². The lowest BCUT2D eigenvalue weighted by molar-refractivity contribution is 0.0187. The van der Waals surface area contributed by atoms with Crippen LogP contribution < -0.4 is 10.1 Å². The maximum Gasteiger partial charge on any atom is 0.174 e. The summed E-state index contributed by atoms with van der Waals surface area (Å²) in [5, 5.41) is 7.98. The van der Waals surface area contributed by atoms with Crippen molar-refractivity contribution in [3.8, 4) is 11.6 Å². The predicted molar refractivity (Wildman–Crippen MR) is 115 cm³/mol. The van der Waals surface area contributed by atoms with Gasteiger partial charge in [-0.1, -0.05) is 12.1 Å². The lowest BCUT2D eigenvalue weighted by Crippen LogP contribution is -2.41. The fourth-order valence-corrected chi connectivity index (χ4v) is 3.78. The molecule has 0 aliphatic carbocycles. The van der Waals surface area contributed by atoms with Crippen LogP contribution in [0.25, 0.3) is 5.82 Å². The van der Waals surface area contributed by atoms with E-state index in [-0.39, 0.29) is 6.04 Å². The molecule has 1 saturated heterocycles. The van der Waals surface area contributed by atoms with Gasteiger partial charge in [-0.25, -0.2) is 9.67 Å². The van der Waals surface area contributed by atoms with Crippen LogP contribution in [-0.4, -0.2) is 64.6 Å². The number of nitrogens with zero attached hydrogens (tertiary/aromatic N) is 5. The molecule has 0 saturated carbocycles. The molecule has 1 aliphatic heterocycles. The third kappa shape index (κ3) is 4.60. The Labute approximate surface area is 176 Å². The number of nitrogens with one attached hydrogen (secondary N) is 1. The molecule has 158 valence electrons. The van der Waals surface area contributed by atoms with Crippen molar-refractivity contribution in [3.63, 3.8) is 0 Å². The number of aryl methyl sites for hydroxylation is 2. The van der Waals surface area contributed by atoms with E-state index in [9.17, 15) is 0 Å². The Morgan fingerprint density at radius 3 is 2.57 bits per heavy atom. The molecule has 2 aromatic heterocycles. The lowest BCUT2D eigenvalue weighted by atomic mass is 10.0. The van der Waals surface area contributed by atoms with Gasteiger partial charge >= 0.3 is 0 Å². The molecule has 8 nitrogen and oxygen atoms in total. The van der Waals surface area contributed by atoms with Gasteiger partial charge in [0.2, 0.25) is 0 Å². The molecule has 1 unspecified atom stereocenters. The first kappa shape index (κ1) is 20.3. The van der Waals surface area contributed by atoms with Crippen molar-refractivity contribution in [2.75, 3.05) is 45.3 Å². The Hall–Kier alpha value is -2.97. The molecule has 1 fully saturated rings. The first-order valence-corrected chi connectivity index (χ1v) is 10.2. The minimum atomic E-state index is 0.193. The molecule has 4 rings (SSSR count). The Kier molecular flexibility index (Phi) is 6.25. The zero-order valence-electron chi connectivity index (χ0n) is 17.7. The van der Waals surface area contributed by atoms with E-state index in [1.165, 1.54) is 5.56 Å². The van der Waals surface area contributed by atoms with E-state index in [1.54, 1.807) is 19.5 Å². The molecule has 30 heavy (non-hydrogen) atoms. The van der Waals surface area contributed by atoms with Crippen LogP contribution in [-0.2, 0) is 4.74 Å². The Morgan fingerprint density at radius 2 is 1.90 bits per heavy atom. The zero-order chi connectivity index (χ0) is 20.9. The average molecular weight is 409 g/mol. The van der Waals surface area contributed by atoms with Crippen molar-refractivity contribution in [1.29, 1.82) is 0 Å². The minimum absolute atomic E-state index is 0.193.